The maximum atomic E-state index is 13.1. The highest BCUT2D eigenvalue weighted by Gasteiger charge is 2.49. The molecule has 0 saturated carbocycles. The fraction of sp³-hybridized carbons (Fsp3) is 0.435. The van der Waals surface area contributed by atoms with Gasteiger partial charge in [-0.15, -0.1) is 0 Å². The first kappa shape index (κ1) is 20.5. The summed E-state index contributed by atoms with van der Waals surface area (Å²) >= 11 is 0. The number of rotatable bonds is 4. The van der Waals surface area contributed by atoms with Crippen molar-refractivity contribution in [1.29, 1.82) is 0 Å². The minimum atomic E-state index is -0.492. The van der Waals surface area contributed by atoms with Crippen LogP contribution in [0.1, 0.15) is 31.7 Å². The van der Waals surface area contributed by atoms with Gasteiger partial charge in [-0.1, -0.05) is 19.1 Å². The van der Waals surface area contributed by atoms with E-state index in [2.05, 4.69) is 17.2 Å². The van der Waals surface area contributed by atoms with Crippen LogP contribution in [-0.2, 0) is 20.7 Å². The van der Waals surface area contributed by atoms with Crippen LogP contribution in [0.4, 0.5) is 10.1 Å². The van der Waals surface area contributed by atoms with E-state index in [1.807, 2.05) is 4.90 Å². The number of hydrogen-bond acceptors (Lipinski definition) is 4. The lowest BCUT2D eigenvalue weighted by Crippen LogP contribution is -2.53. The normalized spacial score (nSPS) is 26.0. The maximum Gasteiger partial charge on any atom is 0.253 e. The number of benzene rings is 1. The standard InChI is InChI=1S/C23H26FN3O3/c1-16-15-27(21(28)13-17-4-6-18(24)7-5-17)12-10-23(16)9-8-20(30-23)22(29)26-19-3-2-11-25-14-19/h2-7,11,14,16,20H,8-10,12-13,15H2,1H3,(H,26,29)/t16-,20+,23-/m1/s1. The number of ether oxygens (including phenoxy) is 1. The van der Waals surface area contributed by atoms with E-state index in [0.717, 1.165) is 12.0 Å². The highest BCUT2D eigenvalue weighted by Crippen LogP contribution is 2.42. The SMILES string of the molecule is C[C@@H]1CN(C(=O)Cc2ccc(F)cc2)CC[C@]12CC[C@@H](C(=O)Nc1cccnc1)O2. The average molecular weight is 411 g/mol. The summed E-state index contributed by atoms with van der Waals surface area (Å²) in [4.78, 5) is 31.2. The van der Waals surface area contributed by atoms with Gasteiger partial charge in [-0.3, -0.25) is 14.6 Å². The van der Waals surface area contributed by atoms with Crippen molar-refractivity contribution in [2.75, 3.05) is 18.4 Å². The molecule has 2 aliphatic rings. The third-order valence-corrected chi connectivity index (χ3v) is 6.25. The lowest BCUT2D eigenvalue weighted by atomic mass is 9.80. The lowest BCUT2D eigenvalue weighted by molar-refractivity contribution is -0.151. The summed E-state index contributed by atoms with van der Waals surface area (Å²) in [5.41, 5.74) is 1.09. The third-order valence-electron chi connectivity index (χ3n) is 6.25. The summed E-state index contributed by atoms with van der Waals surface area (Å²) < 4.78 is 19.4. The third kappa shape index (κ3) is 4.36. The number of likely N-dealkylation sites (tertiary alicyclic amines) is 1. The Morgan fingerprint density at radius 2 is 2.07 bits per heavy atom. The number of anilines is 1. The molecule has 1 N–H and O–H groups in total. The lowest BCUT2D eigenvalue weighted by Gasteiger charge is -2.44. The summed E-state index contributed by atoms with van der Waals surface area (Å²) in [5.74, 6) is -0.297. The van der Waals surface area contributed by atoms with Crippen molar-refractivity contribution < 1.29 is 18.7 Å². The Morgan fingerprint density at radius 1 is 1.27 bits per heavy atom. The van der Waals surface area contributed by atoms with Gasteiger partial charge >= 0.3 is 0 Å². The number of piperidine rings is 1. The average Bonchev–Trinajstić information content (AvgIpc) is 3.18. The van der Waals surface area contributed by atoms with Crippen molar-refractivity contribution in [2.45, 2.75) is 44.3 Å². The topological polar surface area (TPSA) is 71.5 Å². The van der Waals surface area contributed by atoms with Crippen LogP contribution >= 0.6 is 0 Å². The van der Waals surface area contributed by atoms with E-state index in [0.29, 0.717) is 31.6 Å². The molecule has 4 rings (SSSR count). The summed E-state index contributed by atoms with van der Waals surface area (Å²) in [6.45, 7) is 3.27. The quantitative estimate of drug-likeness (QED) is 0.839. The van der Waals surface area contributed by atoms with E-state index in [1.165, 1.54) is 12.1 Å². The molecular weight excluding hydrogens is 385 g/mol. The summed E-state index contributed by atoms with van der Waals surface area (Å²) in [7, 11) is 0. The van der Waals surface area contributed by atoms with Crippen molar-refractivity contribution in [3.8, 4) is 0 Å². The van der Waals surface area contributed by atoms with E-state index in [-0.39, 0.29) is 35.6 Å². The molecule has 7 heteroatoms. The number of nitrogens with one attached hydrogen (secondary N) is 1. The van der Waals surface area contributed by atoms with Crippen LogP contribution in [-0.4, -0.2) is 46.5 Å². The van der Waals surface area contributed by atoms with Crippen LogP contribution in [0.5, 0.6) is 0 Å². The zero-order valence-electron chi connectivity index (χ0n) is 17.0. The van der Waals surface area contributed by atoms with Crippen LogP contribution in [0.2, 0.25) is 0 Å². The number of hydrogen-bond donors (Lipinski definition) is 1. The minimum absolute atomic E-state index is 0.0344. The molecule has 1 spiro atoms. The highest BCUT2D eigenvalue weighted by atomic mass is 19.1. The highest BCUT2D eigenvalue weighted by molar-refractivity contribution is 5.94. The van der Waals surface area contributed by atoms with Gasteiger partial charge in [-0.25, -0.2) is 4.39 Å². The largest absolute Gasteiger partial charge is 0.362 e. The summed E-state index contributed by atoms with van der Waals surface area (Å²) in [6.07, 6.45) is 5.21. The summed E-state index contributed by atoms with van der Waals surface area (Å²) in [6, 6.07) is 9.61. The molecule has 2 aliphatic heterocycles. The van der Waals surface area contributed by atoms with Crippen LogP contribution < -0.4 is 5.32 Å². The fourth-order valence-electron chi connectivity index (χ4n) is 4.44. The number of carbonyl (C=O) groups excluding carboxylic acids is 2. The molecule has 1 aromatic heterocycles. The number of pyridine rings is 1. The van der Waals surface area contributed by atoms with Gasteiger partial charge in [0, 0.05) is 25.2 Å². The molecule has 30 heavy (non-hydrogen) atoms. The monoisotopic (exact) mass is 411 g/mol. The number of amides is 2. The second-order valence-corrected chi connectivity index (χ2v) is 8.23. The molecular formula is C23H26FN3O3. The molecule has 1 aromatic carbocycles. The van der Waals surface area contributed by atoms with Crippen molar-refractivity contribution in [3.63, 3.8) is 0 Å². The summed E-state index contributed by atoms with van der Waals surface area (Å²) in [5, 5.41) is 2.86. The van der Waals surface area contributed by atoms with E-state index >= 15 is 0 Å². The van der Waals surface area contributed by atoms with Crippen LogP contribution in [0.3, 0.4) is 0 Å². The predicted molar refractivity (Wildman–Crippen MR) is 110 cm³/mol. The zero-order chi connectivity index (χ0) is 21.1. The Morgan fingerprint density at radius 3 is 2.77 bits per heavy atom. The van der Waals surface area contributed by atoms with Crippen molar-refractivity contribution >= 4 is 17.5 Å². The van der Waals surface area contributed by atoms with Gasteiger partial charge in [0.1, 0.15) is 11.9 Å². The number of carbonyl (C=O) groups is 2. The predicted octanol–water partition coefficient (Wildman–Crippen LogP) is 3.19. The van der Waals surface area contributed by atoms with Gasteiger partial charge in [-0.2, -0.15) is 0 Å². The second-order valence-electron chi connectivity index (χ2n) is 8.23. The van der Waals surface area contributed by atoms with Gasteiger partial charge in [0.15, 0.2) is 0 Å². The van der Waals surface area contributed by atoms with Crippen LogP contribution in [0, 0.1) is 11.7 Å². The molecule has 3 heterocycles. The van der Waals surface area contributed by atoms with E-state index < -0.39 is 6.10 Å². The van der Waals surface area contributed by atoms with E-state index in [4.69, 9.17) is 4.74 Å². The van der Waals surface area contributed by atoms with Gasteiger partial charge in [0.25, 0.3) is 5.91 Å². The Balaban J connectivity index is 1.33. The Kier molecular flexibility index (Phi) is 5.81. The first-order valence-corrected chi connectivity index (χ1v) is 10.4. The zero-order valence-corrected chi connectivity index (χ0v) is 17.0. The Labute approximate surface area is 175 Å². The molecule has 2 saturated heterocycles. The Bertz CT molecular complexity index is 906. The maximum absolute atomic E-state index is 13.1. The number of halogens is 1. The molecule has 0 radical (unpaired) electrons. The molecule has 0 bridgehead atoms. The molecule has 158 valence electrons. The molecule has 0 aliphatic carbocycles. The van der Waals surface area contributed by atoms with Crippen molar-refractivity contribution in [3.05, 3.63) is 60.2 Å². The number of nitrogens with zero attached hydrogens (tertiary/aromatic N) is 2. The smallest absolute Gasteiger partial charge is 0.253 e. The van der Waals surface area contributed by atoms with E-state index in [9.17, 15) is 14.0 Å². The van der Waals surface area contributed by atoms with E-state index in [1.54, 1.807) is 36.7 Å². The first-order valence-electron chi connectivity index (χ1n) is 10.4. The molecule has 2 amide bonds. The molecule has 2 fully saturated rings. The molecule has 6 nitrogen and oxygen atoms in total. The minimum Gasteiger partial charge on any atom is -0.362 e. The first-order chi connectivity index (χ1) is 14.4. The second kappa shape index (κ2) is 8.52. The Hall–Kier alpha value is -2.80. The fourth-order valence-corrected chi connectivity index (χ4v) is 4.44. The molecule has 0 unspecified atom stereocenters. The molecule has 2 aromatic rings. The van der Waals surface area contributed by atoms with Gasteiger partial charge in [0.2, 0.25) is 5.91 Å². The van der Waals surface area contributed by atoms with Crippen molar-refractivity contribution in [2.24, 2.45) is 5.92 Å². The number of aromatic nitrogens is 1. The van der Waals surface area contributed by atoms with Crippen LogP contribution in [0.25, 0.3) is 0 Å². The van der Waals surface area contributed by atoms with Gasteiger partial charge in [0.05, 0.1) is 23.9 Å². The van der Waals surface area contributed by atoms with Crippen molar-refractivity contribution in [1.82, 2.24) is 9.88 Å². The van der Waals surface area contributed by atoms with Gasteiger partial charge < -0.3 is 15.0 Å². The van der Waals surface area contributed by atoms with Gasteiger partial charge in [-0.05, 0) is 49.1 Å². The van der Waals surface area contributed by atoms with Crippen LogP contribution in [0.15, 0.2) is 48.8 Å². The molecule has 3 atom stereocenters.